The SMILES string of the molecule is COc1cc(I)c(-c2nc3sc4c(c3c(=O)[nH]2)CCCCC4)cc1OC. The molecule has 0 aliphatic heterocycles. The highest BCUT2D eigenvalue weighted by Crippen LogP contribution is 2.37. The van der Waals surface area contributed by atoms with Gasteiger partial charge in [0.1, 0.15) is 10.7 Å². The number of benzene rings is 1. The third-order valence-electron chi connectivity index (χ3n) is 4.80. The first kappa shape index (κ1) is 17.8. The number of halogens is 1. The fourth-order valence-corrected chi connectivity index (χ4v) is 5.46. The second kappa shape index (κ2) is 7.19. The number of nitrogens with one attached hydrogen (secondary N) is 1. The van der Waals surface area contributed by atoms with Crippen molar-refractivity contribution in [3.05, 3.63) is 36.5 Å². The lowest BCUT2D eigenvalue weighted by molar-refractivity contribution is 0.355. The van der Waals surface area contributed by atoms with Crippen molar-refractivity contribution >= 4 is 44.1 Å². The van der Waals surface area contributed by atoms with E-state index in [0.29, 0.717) is 17.3 Å². The standard InChI is InChI=1S/C19H19IN2O3S/c1-24-13-8-11(12(20)9-14(13)25-2)17-21-18(23)16-10-6-4-3-5-7-15(10)26-19(16)22-17/h8-9H,3-7H2,1-2H3,(H,21,22,23). The van der Waals surface area contributed by atoms with Crippen LogP contribution in [0.15, 0.2) is 16.9 Å². The van der Waals surface area contributed by atoms with Crippen LogP contribution in [0.4, 0.5) is 0 Å². The molecule has 26 heavy (non-hydrogen) atoms. The zero-order chi connectivity index (χ0) is 18.3. The number of nitrogens with zero attached hydrogens (tertiary/aromatic N) is 1. The fourth-order valence-electron chi connectivity index (χ4n) is 3.50. The van der Waals surface area contributed by atoms with Crippen LogP contribution in [0, 0.1) is 3.57 Å². The van der Waals surface area contributed by atoms with E-state index in [1.165, 1.54) is 23.3 Å². The van der Waals surface area contributed by atoms with Gasteiger partial charge in [0, 0.05) is 14.0 Å². The molecular formula is C19H19IN2O3S. The molecule has 7 heteroatoms. The number of hydrogen-bond donors (Lipinski definition) is 1. The Bertz CT molecular complexity index is 1040. The Labute approximate surface area is 168 Å². The smallest absolute Gasteiger partial charge is 0.260 e. The highest BCUT2D eigenvalue weighted by Gasteiger charge is 2.20. The molecular weight excluding hydrogens is 463 g/mol. The van der Waals surface area contributed by atoms with Gasteiger partial charge in [-0.1, -0.05) is 6.42 Å². The monoisotopic (exact) mass is 482 g/mol. The molecule has 1 aromatic carbocycles. The van der Waals surface area contributed by atoms with Crippen molar-refractivity contribution in [2.24, 2.45) is 0 Å². The zero-order valence-corrected chi connectivity index (χ0v) is 17.6. The molecule has 0 amide bonds. The molecule has 0 fully saturated rings. The van der Waals surface area contributed by atoms with Crippen LogP contribution >= 0.6 is 33.9 Å². The molecule has 1 N–H and O–H groups in total. The van der Waals surface area contributed by atoms with Gasteiger partial charge in [-0.3, -0.25) is 4.79 Å². The van der Waals surface area contributed by atoms with E-state index >= 15 is 0 Å². The van der Waals surface area contributed by atoms with E-state index in [9.17, 15) is 4.79 Å². The largest absolute Gasteiger partial charge is 0.493 e. The predicted molar refractivity (Wildman–Crippen MR) is 113 cm³/mol. The molecule has 1 aliphatic rings. The van der Waals surface area contributed by atoms with Gasteiger partial charge >= 0.3 is 0 Å². The number of methoxy groups -OCH3 is 2. The fraction of sp³-hybridized carbons (Fsp3) is 0.368. The summed E-state index contributed by atoms with van der Waals surface area (Å²) in [7, 11) is 3.21. The molecule has 3 aromatic rings. The molecule has 0 saturated carbocycles. The summed E-state index contributed by atoms with van der Waals surface area (Å²) in [6, 6.07) is 3.76. The molecule has 0 unspecified atom stereocenters. The predicted octanol–water partition coefficient (Wildman–Crippen LogP) is 4.54. The van der Waals surface area contributed by atoms with Crippen LogP contribution in [0.1, 0.15) is 29.7 Å². The van der Waals surface area contributed by atoms with Crippen molar-refractivity contribution in [3.8, 4) is 22.9 Å². The first-order chi connectivity index (χ1) is 12.6. The second-order valence-corrected chi connectivity index (χ2v) is 8.59. The minimum atomic E-state index is -0.0463. The first-order valence-electron chi connectivity index (χ1n) is 8.59. The van der Waals surface area contributed by atoms with Crippen LogP contribution < -0.4 is 15.0 Å². The summed E-state index contributed by atoms with van der Waals surface area (Å²) in [5.41, 5.74) is 2.01. The van der Waals surface area contributed by atoms with E-state index in [4.69, 9.17) is 14.5 Å². The molecule has 0 spiro atoms. The number of rotatable bonds is 3. The van der Waals surface area contributed by atoms with Crippen molar-refractivity contribution in [1.82, 2.24) is 9.97 Å². The number of thiophene rings is 1. The van der Waals surface area contributed by atoms with Crippen LogP contribution in [0.3, 0.4) is 0 Å². The van der Waals surface area contributed by atoms with Gasteiger partial charge < -0.3 is 14.5 Å². The summed E-state index contributed by atoms with van der Waals surface area (Å²) in [4.78, 5) is 22.8. The van der Waals surface area contributed by atoms with Crippen LogP contribution in [-0.4, -0.2) is 24.2 Å². The number of H-pyrrole nitrogens is 1. The Morgan fingerprint density at radius 3 is 2.62 bits per heavy atom. The number of aromatic nitrogens is 2. The first-order valence-corrected chi connectivity index (χ1v) is 10.5. The Morgan fingerprint density at radius 1 is 1.12 bits per heavy atom. The van der Waals surface area contributed by atoms with Gasteiger partial charge in [-0.25, -0.2) is 4.98 Å². The maximum absolute atomic E-state index is 12.9. The molecule has 0 saturated heterocycles. The maximum atomic E-state index is 12.9. The summed E-state index contributed by atoms with van der Waals surface area (Å²) in [5.74, 6) is 1.85. The van der Waals surface area contributed by atoms with Crippen molar-refractivity contribution in [1.29, 1.82) is 0 Å². The van der Waals surface area contributed by atoms with Gasteiger partial charge in [-0.15, -0.1) is 11.3 Å². The molecule has 0 bridgehead atoms. The van der Waals surface area contributed by atoms with Gasteiger partial charge in [0.25, 0.3) is 5.56 Å². The summed E-state index contributed by atoms with van der Waals surface area (Å²) in [5, 5.41) is 0.783. The third-order valence-corrected chi connectivity index (χ3v) is 6.88. The van der Waals surface area contributed by atoms with Gasteiger partial charge in [0.15, 0.2) is 11.5 Å². The lowest BCUT2D eigenvalue weighted by Gasteiger charge is -2.11. The summed E-state index contributed by atoms with van der Waals surface area (Å²) < 4.78 is 11.7. The van der Waals surface area contributed by atoms with E-state index in [1.54, 1.807) is 25.6 Å². The normalized spacial score (nSPS) is 14.1. The minimum absolute atomic E-state index is 0.0463. The highest BCUT2D eigenvalue weighted by atomic mass is 127. The van der Waals surface area contributed by atoms with Gasteiger partial charge in [-0.2, -0.15) is 0 Å². The van der Waals surface area contributed by atoms with Crippen molar-refractivity contribution in [2.75, 3.05) is 14.2 Å². The Balaban J connectivity index is 1.90. The van der Waals surface area contributed by atoms with Crippen LogP contribution in [0.5, 0.6) is 11.5 Å². The number of ether oxygens (including phenoxy) is 2. The Morgan fingerprint density at radius 2 is 1.85 bits per heavy atom. The van der Waals surface area contributed by atoms with E-state index in [0.717, 1.165) is 38.6 Å². The Kier molecular flexibility index (Phi) is 4.92. The van der Waals surface area contributed by atoms with Crippen molar-refractivity contribution in [3.63, 3.8) is 0 Å². The summed E-state index contributed by atoms with van der Waals surface area (Å²) in [6.07, 6.45) is 5.61. The zero-order valence-electron chi connectivity index (χ0n) is 14.6. The van der Waals surface area contributed by atoms with E-state index < -0.39 is 0 Å². The van der Waals surface area contributed by atoms with Crippen molar-refractivity contribution in [2.45, 2.75) is 32.1 Å². The lowest BCUT2D eigenvalue weighted by Crippen LogP contribution is -2.10. The molecule has 136 valence electrons. The van der Waals surface area contributed by atoms with Crippen molar-refractivity contribution < 1.29 is 9.47 Å². The number of aromatic amines is 1. The van der Waals surface area contributed by atoms with Gasteiger partial charge in [0.05, 0.1) is 19.6 Å². The lowest BCUT2D eigenvalue weighted by atomic mass is 10.1. The average molecular weight is 482 g/mol. The van der Waals surface area contributed by atoms with Gasteiger partial charge in [0.2, 0.25) is 0 Å². The molecule has 1 aliphatic carbocycles. The quantitative estimate of drug-likeness (QED) is 0.440. The Hall–Kier alpha value is -1.61. The molecule has 4 rings (SSSR count). The van der Waals surface area contributed by atoms with Gasteiger partial charge in [-0.05, 0) is 66.0 Å². The van der Waals surface area contributed by atoms with E-state index in [2.05, 4.69) is 27.6 Å². The second-order valence-electron chi connectivity index (χ2n) is 6.35. The molecule has 5 nitrogen and oxygen atoms in total. The summed E-state index contributed by atoms with van der Waals surface area (Å²) in [6.45, 7) is 0. The number of aryl methyl sites for hydroxylation is 2. The van der Waals surface area contributed by atoms with Crippen LogP contribution in [-0.2, 0) is 12.8 Å². The molecule has 0 atom stereocenters. The van der Waals surface area contributed by atoms with Crippen LogP contribution in [0.2, 0.25) is 0 Å². The summed E-state index contributed by atoms with van der Waals surface area (Å²) >= 11 is 3.90. The third kappa shape index (κ3) is 3.00. The molecule has 0 radical (unpaired) electrons. The number of hydrogen-bond acceptors (Lipinski definition) is 5. The minimum Gasteiger partial charge on any atom is -0.493 e. The average Bonchev–Trinajstić information content (AvgIpc) is 2.83. The topological polar surface area (TPSA) is 64.2 Å². The number of fused-ring (bicyclic) bond motifs is 3. The molecule has 2 aromatic heterocycles. The van der Waals surface area contributed by atoms with E-state index in [-0.39, 0.29) is 5.56 Å². The maximum Gasteiger partial charge on any atom is 0.260 e. The van der Waals surface area contributed by atoms with Crippen LogP contribution in [0.25, 0.3) is 21.6 Å². The van der Waals surface area contributed by atoms with E-state index in [1.807, 2.05) is 12.1 Å². The highest BCUT2D eigenvalue weighted by molar-refractivity contribution is 14.1. The molecule has 2 heterocycles.